The maximum atomic E-state index is 12.1. The highest BCUT2D eigenvalue weighted by Crippen LogP contribution is 2.19. The summed E-state index contributed by atoms with van der Waals surface area (Å²) in [5.74, 6) is 0.814. The highest BCUT2D eigenvalue weighted by Gasteiger charge is 2.04. The predicted molar refractivity (Wildman–Crippen MR) is 105 cm³/mol. The normalized spacial score (nSPS) is 10.6. The molecule has 25 heavy (non-hydrogen) atoms. The van der Waals surface area contributed by atoms with E-state index in [1.165, 1.54) is 0 Å². The zero-order valence-corrected chi connectivity index (χ0v) is 15.7. The second-order valence-electron chi connectivity index (χ2n) is 5.84. The van der Waals surface area contributed by atoms with Crippen LogP contribution in [-0.2, 0) is 6.54 Å². The second kappa shape index (κ2) is 9.96. The van der Waals surface area contributed by atoms with E-state index in [1.807, 2.05) is 68.9 Å². The van der Waals surface area contributed by atoms with Crippen LogP contribution in [0.4, 0.5) is 10.5 Å². The molecule has 0 radical (unpaired) electrons. The second-order valence-corrected chi connectivity index (χ2v) is 6.72. The van der Waals surface area contributed by atoms with E-state index in [0.717, 1.165) is 28.4 Å². The molecule has 6 heteroatoms. The quantitative estimate of drug-likeness (QED) is 0.706. The molecular formula is C19H25N3O2S. The number of ether oxygens (including phenoxy) is 1. The van der Waals surface area contributed by atoms with Crippen molar-refractivity contribution in [3.8, 4) is 5.75 Å². The van der Waals surface area contributed by atoms with Crippen LogP contribution in [0.2, 0.25) is 0 Å². The van der Waals surface area contributed by atoms with E-state index in [9.17, 15) is 4.79 Å². The molecule has 0 fully saturated rings. The standard InChI is InChI=1S/C19H25N3O2S/c1-22(2)10-11-24-17-8-4-6-15(12-17)14-20-19(23)21-16-7-5-9-18(13-16)25-3/h4-9,12-13H,10-11,14H2,1-3H3,(H2,20,21,23). The van der Waals surface area contributed by atoms with Crippen molar-refractivity contribution in [1.82, 2.24) is 10.2 Å². The minimum atomic E-state index is -0.225. The van der Waals surface area contributed by atoms with Crippen LogP contribution in [0.15, 0.2) is 53.4 Å². The number of hydrogen-bond donors (Lipinski definition) is 2. The van der Waals surface area contributed by atoms with Gasteiger partial charge in [0, 0.05) is 23.7 Å². The minimum Gasteiger partial charge on any atom is -0.492 e. The Balaban J connectivity index is 1.82. The third-order valence-electron chi connectivity index (χ3n) is 3.49. The van der Waals surface area contributed by atoms with E-state index in [4.69, 9.17) is 4.74 Å². The molecule has 0 saturated heterocycles. The number of benzene rings is 2. The average molecular weight is 359 g/mol. The number of rotatable bonds is 8. The van der Waals surface area contributed by atoms with Crippen molar-refractivity contribution in [3.63, 3.8) is 0 Å². The van der Waals surface area contributed by atoms with Gasteiger partial charge in [-0.25, -0.2) is 4.79 Å². The molecule has 0 aliphatic carbocycles. The fourth-order valence-electron chi connectivity index (χ4n) is 2.15. The van der Waals surface area contributed by atoms with Crippen molar-refractivity contribution in [2.24, 2.45) is 0 Å². The lowest BCUT2D eigenvalue weighted by Gasteiger charge is -2.12. The number of carbonyl (C=O) groups is 1. The molecule has 0 unspecified atom stereocenters. The molecule has 2 amide bonds. The number of carbonyl (C=O) groups excluding carboxylic acids is 1. The average Bonchev–Trinajstić information content (AvgIpc) is 2.60. The summed E-state index contributed by atoms with van der Waals surface area (Å²) < 4.78 is 5.71. The summed E-state index contributed by atoms with van der Waals surface area (Å²) in [5, 5.41) is 5.71. The lowest BCUT2D eigenvalue weighted by Crippen LogP contribution is -2.28. The number of nitrogens with zero attached hydrogens (tertiary/aromatic N) is 1. The van der Waals surface area contributed by atoms with Gasteiger partial charge < -0.3 is 20.3 Å². The van der Waals surface area contributed by atoms with Crippen LogP contribution >= 0.6 is 11.8 Å². The monoisotopic (exact) mass is 359 g/mol. The molecule has 0 saturated carbocycles. The molecule has 0 aliphatic heterocycles. The Labute approximate surface area is 153 Å². The molecule has 5 nitrogen and oxygen atoms in total. The summed E-state index contributed by atoms with van der Waals surface area (Å²) in [6, 6.07) is 15.3. The van der Waals surface area contributed by atoms with E-state index in [-0.39, 0.29) is 6.03 Å². The van der Waals surface area contributed by atoms with Gasteiger partial charge in [-0.15, -0.1) is 11.8 Å². The maximum Gasteiger partial charge on any atom is 0.319 e. The van der Waals surface area contributed by atoms with Crippen molar-refractivity contribution < 1.29 is 9.53 Å². The summed E-state index contributed by atoms with van der Waals surface area (Å²) in [6.07, 6.45) is 2.01. The van der Waals surface area contributed by atoms with E-state index in [1.54, 1.807) is 11.8 Å². The lowest BCUT2D eigenvalue weighted by atomic mass is 10.2. The fraction of sp³-hybridized carbons (Fsp3) is 0.316. The Morgan fingerprint density at radius 2 is 1.96 bits per heavy atom. The molecule has 0 aromatic heterocycles. The number of anilines is 1. The van der Waals surface area contributed by atoms with Gasteiger partial charge in [0.2, 0.25) is 0 Å². The number of urea groups is 1. The molecule has 0 atom stereocenters. The molecule has 0 aliphatic rings. The molecular weight excluding hydrogens is 334 g/mol. The highest BCUT2D eigenvalue weighted by molar-refractivity contribution is 7.98. The topological polar surface area (TPSA) is 53.6 Å². The van der Waals surface area contributed by atoms with Gasteiger partial charge in [0.05, 0.1) is 0 Å². The van der Waals surface area contributed by atoms with Gasteiger partial charge in [0.1, 0.15) is 12.4 Å². The van der Waals surface area contributed by atoms with Crippen molar-refractivity contribution in [3.05, 3.63) is 54.1 Å². The summed E-state index contributed by atoms with van der Waals surface area (Å²) in [4.78, 5) is 15.2. The Hall–Kier alpha value is -2.18. The molecule has 0 spiro atoms. The molecule has 2 aromatic carbocycles. The van der Waals surface area contributed by atoms with Crippen LogP contribution in [0.3, 0.4) is 0 Å². The third-order valence-corrected chi connectivity index (χ3v) is 4.21. The number of nitrogens with one attached hydrogen (secondary N) is 2. The van der Waals surface area contributed by atoms with Crippen LogP contribution < -0.4 is 15.4 Å². The van der Waals surface area contributed by atoms with E-state index >= 15 is 0 Å². The van der Waals surface area contributed by atoms with Gasteiger partial charge in [-0.3, -0.25) is 0 Å². The van der Waals surface area contributed by atoms with Crippen LogP contribution in [0.5, 0.6) is 5.75 Å². The van der Waals surface area contributed by atoms with Crippen LogP contribution in [0.1, 0.15) is 5.56 Å². The minimum absolute atomic E-state index is 0.225. The molecule has 2 rings (SSSR count). The first-order valence-electron chi connectivity index (χ1n) is 8.12. The van der Waals surface area contributed by atoms with E-state index < -0.39 is 0 Å². The predicted octanol–water partition coefficient (Wildman–Crippen LogP) is 3.67. The SMILES string of the molecule is CSc1cccc(NC(=O)NCc2cccc(OCCN(C)C)c2)c1. The third kappa shape index (κ3) is 7.07. The number of likely N-dealkylation sites (N-methyl/N-ethyl adjacent to an activating group) is 1. The first-order chi connectivity index (χ1) is 12.1. The van der Waals surface area contributed by atoms with Crippen molar-refractivity contribution in [2.75, 3.05) is 38.8 Å². The van der Waals surface area contributed by atoms with E-state index in [2.05, 4.69) is 15.5 Å². The van der Waals surface area contributed by atoms with Crippen molar-refractivity contribution in [1.29, 1.82) is 0 Å². The Bertz CT molecular complexity index is 692. The highest BCUT2D eigenvalue weighted by atomic mass is 32.2. The van der Waals surface area contributed by atoms with Crippen LogP contribution in [0, 0.1) is 0 Å². The molecule has 134 valence electrons. The van der Waals surface area contributed by atoms with Gasteiger partial charge in [0.25, 0.3) is 0 Å². The summed E-state index contributed by atoms with van der Waals surface area (Å²) >= 11 is 1.64. The summed E-state index contributed by atoms with van der Waals surface area (Å²) in [6.45, 7) is 1.94. The number of amides is 2. The van der Waals surface area contributed by atoms with Gasteiger partial charge in [-0.2, -0.15) is 0 Å². The Kier molecular flexibility index (Phi) is 7.63. The van der Waals surface area contributed by atoms with Crippen LogP contribution in [-0.4, -0.2) is 44.4 Å². The number of thioether (sulfide) groups is 1. The maximum absolute atomic E-state index is 12.1. The van der Waals surface area contributed by atoms with Gasteiger partial charge in [0.15, 0.2) is 0 Å². The summed E-state index contributed by atoms with van der Waals surface area (Å²) in [5.41, 5.74) is 1.78. The fourth-order valence-corrected chi connectivity index (χ4v) is 2.61. The van der Waals surface area contributed by atoms with Gasteiger partial charge >= 0.3 is 6.03 Å². The summed E-state index contributed by atoms with van der Waals surface area (Å²) in [7, 11) is 4.02. The zero-order chi connectivity index (χ0) is 18.1. The Morgan fingerprint density at radius 1 is 1.16 bits per heavy atom. The molecule has 0 heterocycles. The van der Waals surface area contributed by atoms with Crippen LogP contribution in [0.25, 0.3) is 0 Å². The van der Waals surface area contributed by atoms with E-state index in [0.29, 0.717) is 13.2 Å². The molecule has 2 N–H and O–H groups in total. The first kappa shape index (κ1) is 19.1. The van der Waals surface area contributed by atoms with Gasteiger partial charge in [-0.05, 0) is 56.2 Å². The molecule has 2 aromatic rings. The van der Waals surface area contributed by atoms with Crippen molar-refractivity contribution >= 4 is 23.5 Å². The largest absolute Gasteiger partial charge is 0.492 e. The van der Waals surface area contributed by atoms with Crippen molar-refractivity contribution in [2.45, 2.75) is 11.4 Å². The molecule has 0 bridgehead atoms. The smallest absolute Gasteiger partial charge is 0.319 e. The van der Waals surface area contributed by atoms with Gasteiger partial charge in [-0.1, -0.05) is 18.2 Å². The first-order valence-corrected chi connectivity index (χ1v) is 9.34. The lowest BCUT2D eigenvalue weighted by molar-refractivity contribution is 0.251. The zero-order valence-electron chi connectivity index (χ0n) is 14.9. The number of hydrogen-bond acceptors (Lipinski definition) is 4. The Morgan fingerprint density at radius 3 is 2.72 bits per heavy atom.